The van der Waals surface area contributed by atoms with Crippen LogP contribution in [0.3, 0.4) is 0 Å². The number of carbonyl (C=O) groups excluding carboxylic acids is 2. The van der Waals surface area contributed by atoms with Gasteiger partial charge in [-0.2, -0.15) is 0 Å². The minimum absolute atomic E-state index is 0.672. The number of nitrogens with one attached hydrogen (secondary N) is 3. The number of carbonyl (C=O) groups is 2. The molecule has 0 aliphatic carbocycles. The molecule has 0 bridgehead atoms. The van der Waals surface area contributed by atoms with Crippen molar-refractivity contribution in [2.45, 2.75) is 37.0 Å². The fraction of sp³-hybridized carbons (Fsp3) is 0.857. The van der Waals surface area contributed by atoms with Crippen LogP contribution in [0.2, 0.25) is 0 Å². The number of rotatable bonds is 12. The lowest BCUT2D eigenvalue weighted by Crippen LogP contribution is -2.63. The zero-order valence-electron chi connectivity index (χ0n) is 14.4. The van der Waals surface area contributed by atoms with Gasteiger partial charge < -0.3 is 41.3 Å². The largest absolute Gasteiger partial charge is 0.394 e. The second kappa shape index (κ2) is 10.6. The number of hydrogen-bond donors (Lipinski definition) is 9. The average molecular weight is 367 g/mol. The molecule has 0 aliphatic rings. The van der Waals surface area contributed by atoms with Crippen molar-refractivity contribution >= 4 is 11.8 Å². The van der Waals surface area contributed by atoms with E-state index in [2.05, 4.69) is 16.0 Å². The van der Waals surface area contributed by atoms with Gasteiger partial charge in [0.05, 0.1) is 51.7 Å². The summed E-state index contributed by atoms with van der Waals surface area (Å²) in [6, 6.07) is -1.87. The van der Waals surface area contributed by atoms with Crippen LogP contribution in [-0.4, -0.2) is 105 Å². The summed E-state index contributed by atoms with van der Waals surface area (Å²) < 4.78 is 0. The third kappa shape index (κ3) is 6.47. The van der Waals surface area contributed by atoms with Crippen LogP contribution in [0, 0.1) is 0 Å². The Kier molecular flexibility index (Phi) is 10.0. The maximum Gasteiger partial charge on any atom is 0.237 e. The highest BCUT2D eigenvalue weighted by Crippen LogP contribution is 2.04. The summed E-state index contributed by atoms with van der Waals surface area (Å²) in [5.41, 5.74) is -3.17. The number of amides is 2. The van der Waals surface area contributed by atoms with Crippen LogP contribution in [0.25, 0.3) is 0 Å². The molecule has 0 saturated heterocycles. The summed E-state index contributed by atoms with van der Waals surface area (Å²) >= 11 is 0. The molecule has 0 aromatic rings. The molecule has 25 heavy (non-hydrogen) atoms. The molecule has 0 rings (SSSR count). The lowest BCUT2D eigenvalue weighted by molar-refractivity contribution is -0.129. The van der Waals surface area contributed by atoms with Crippen LogP contribution in [-0.2, 0) is 9.59 Å². The first kappa shape index (κ1) is 23.7. The maximum absolute atomic E-state index is 12.1. The molecule has 0 aromatic carbocycles. The Morgan fingerprint density at radius 3 is 1.12 bits per heavy atom. The molecule has 11 nitrogen and oxygen atoms in total. The first-order chi connectivity index (χ1) is 11.7. The second-order valence-corrected chi connectivity index (χ2v) is 6.10. The smallest absolute Gasteiger partial charge is 0.237 e. The molecule has 0 heterocycles. The molecule has 0 saturated carbocycles. The first-order valence-corrected chi connectivity index (χ1v) is 7.74. The minimum atomic E-state index is -1.58. The van der Waals surface area contributed by atoms with E-state index in [1.165, 1.54) is 13.8 Å². The molecule has 148 valence electrons. The molecular formula is C14H29N3O8. The number of aliphatic hydroxyl groups is 6. The van der Waals surface area contributed by atoms with Crippen LogP contribution in [0.15, 0.2) is 0 Å². The maximum atomic E-state index is 12.1. The fourth-order valence-electron chi connectivity index (χ4n) is 1.80. The Morgan fingerprint density at radius 1 is 0.680 bits per heavy atom. The van der Waals surface area contributed by atoms with Gasteiger partial charge >= 0.3 is 0 Å². The van der Waals surface area contributed by atoms with Gasteiger partial charge in [-0.3, -0.25) is 14.9 Å². The normalized spacial score (nSPS) is 14.7. The molecular weight excluding hydrogens is 338 g/mol. The van der Waals surface area contributed by atoms with Crippen molar-refractivity contribution in [3.63, 3.8) is 0 Å². The fourth-order valence-corrected chi connectivity index (χ4v) is 1.80. The van der Waals surface area contributed by atoms with Crippen molar-refractivity contribution < 1.29 is 40.2 Å². The highest BCUT2D eigenvalue weighted by Gasteiger charge is 2.34. The van der Waals surface area contributed by atoms with Crippen molar-refractivity contribution in [1.82, 2.24) is 16.0 Å². The summed E-state index contributed by atoms with van der Waals surface area (Å²) in [7, 11) is 0. The number of aliphatic hydroxyl groups excluding tert-OH is 6. The van der Waals surface area contributed by atoms with Gasteiger partial charge in [0, 0.05) is 0 Å². The molecule has 0 aromatic heterocycles. The van der Waals surface area contributed by atoms with Gasteiger partial charge in [0.2, 0.25) is 11.8 Å². The Balaban J connectivity index is 4.80. The minimum Gasteiger partial charge on any atom is -0.394 e. The molecule has 0 fully saturated rings. The predicted molar refractivity (Wildman–Crippen MR) is 86.3 cm³/mol. The molecule has 2 amide bonds. The van der Waals surface area contributed by atoms with Crippen molar-refractivity contribution in [1.29, 1.82) is 0 Å². The molecule has 2 unspecified atom stereocenters. The van der Waals surface area contributed by atoms with E-state index < -0.39 is 74.6 Å². The van der Waals surface area contributed by atoms with Gasteiger partial charge in [-0.15, -0.1) is 0 Å². The van der Waals surface area contributed by atoms with Gasteiger partial charge in [0.1, 0.15) is 11.1 Å². The van der Waals surface area contributed by atoms with E-state index in [1.54, 1.807) is 0 Å². The molecule has 0 spiro atoms. The van der Waals surface area contributed by atoms with E-state index in [9.17, 15) is 40.2 Å². The molecule has 2 atom stereocenters. The predicted octanol–water partition coefficient (Wildman–Crippen LogP) is -4.98. The molecule has 11 heteroatoms. The second-order valence-electron chi connectivity index (χ2n) is 6.10. The summed E-state index contributed by atoms with van der Waals surface area (Å²) in [6.07, 6.45) is 0. The summed E-state index contributed by atoms with van der Waals surface area (Å²) in [6.45, 7) is -1.23. The van der Waals surface area contributed by atoms with Gasteiger partial charge in [0.15, 0.2) is 0 Å². The molecule has 0 radical (unpaired) electrons. The monoisotopic (exact) mass is 367 g/mol. The van der Waals surface area contributed by atoms with Gasteiger partial charge in [-0.05, 0) is 13.8 Å². The van der Waals surface area contributed by atoms with E-state index in [0.717, 1.165) is 0 Å². The summed E-state index contributed by atoms with van der Waals surface area (Å²) in [5, 5.41) is 62.4. The van der Waals surface area contributed by atoms with E-state index in [0.29, 0.717) is 0 Å². The van der Waals surface area contributed by atoms with Crippen molar-refractivity contribution in [3.05, 3.63) is 0 Å². The van der Waals surface area contributed by atoms with Gasteiger partial charge in [-0.25, -0.2) is 0 Å². The van der Waals surface area contributed by atoms with Crippen LogP contribution in [0.1, 0.15) is 13.8 Å². The van der Waals surface area contributed by atoms with E-state index in [-0.39, 0.29) is 0 Å². The average Bonchev–Trinajstić information content (AvgIpc) is 2.63. The van der Waals surface area contributed by atoms with Crippen LogP contribution in [0.4, 0.5) is 0 Å². The lowest BCUT2D eigenvalue weighted by atomic mass is 10.0. The van der Waals surface area contributed by atoms with E-state index in [4.69, 9.17) is 0 Å². The topological polar surface area (TPSA) is 192 Å². The standard InChI is InChI=1S/C14H29N3O8/c1-9(11(24)16-13(3-18,4-19)5-20)15-10(2)12(25)17-14(6-21,7-22)8-23/h9-10,15,18-23H,3-8H2,1-2H3,(H,16,24)(H,17,25). The number of hydrogen-bond acceptors (Lipinski definition) is 9. The van der Waals surface area contributed by atoms with Crippen molar-refractivity contribution in [2.24, 2.45) is 0 Å². The SMILES string of the molecule is CC(NC(C)C(=O)NC(CO)(CO)CO)C(=O)NC(CO)(CO)CO. The zero-order valence-corrected chi connectivity index (χ0v) is 14.4. The lowest BCUT2D eigenvalue weighted by Gasteiger charge is -2.32. The Hall–Kier alpha value is -1.34. The van der Waals surface area contributed by atoms with Gasteiger partial charge in [0.25, 0.3) is 0 Å². The quantitative estimate of drug-likeness (QED) is 0.162. The van der Waals surface area contributed by atoms with Crippen LogP contribution in [0.5, 0.6) is 0 Å². The summed E-state index contributed by atoms with van der Waals surface area (Å²) in [4.78, 5) is 24.2. The Bertz CT molecular complexity index is 372. The van der Waals surface area contributed by atoms with Crippen molar-refractivity contribution in [2.75, 3.05) is 39.6 Å². The molecule has 9 N–H and O–H groups in total. The Labute approximate surface area is 145 Å². The van der Waals surface area contributed by atoms with Gasteiger partial charge in [-0.1, -0.05) is 0 Å². The highest BCUT2D eigenvalue weighted by atomic mass is 16.3. The van der Waals surface area contributed by atoms with E-state index in [1.807, 2.05) is 0 Å². The summed E-state index contributed by atoms with van der Waals surface area (Å²) in [5.74, 6) is -1.34. The third-order valence-corrected chi connectivity index (χ3v) is 3.88. The van der Waals surface area contributed by atoms with Crippen molar-refractivity contribution in [3.8, 4) is 0 Å². The Morgan fingerprint density at radius 2 is 0.920 bits per heavy atom. The van der Waals surface area contributed by atoms with Crippen LogP contribution < -0.4 is 16.0 Å². The molecule has 0 aliphatic heterocycles. The highest BCUT2D eigenvalue weighted by molar-refractivity contribution is 5.85. The third-order valence-electron chi connectivity index (χ3n) is 3.88. The van der Waals surface area contributed by atoms with Crippen LogP contribution >= 0.6 is 0 Å². The van der Waals surface area contributed by atoms with E-state index >= 15 is 0 Å². The first-order valence-electron chi connectivity index (χ1n) is 7.74. The zero-order chi connectivity index (χ0) is 19.7.